The van der Waals surface area contributed by atoms with Gasteiger partial charge in [-0.3, -0.25) is 4.79 Å². The zero-order valence-corrected chi connectivity index (χ0v) is 16.9. The maximum atomic E-state index is 12.3. The van der Waals surface area contributed by atoms with Crippen molar-refractivity contribution in [3.05, 3.63) is 58.4 Å². The third kappa shape index (κ3) is 3.97. The van der Waals surface area contributed by atoms with Gasteiger partial charge >= 0.3 is 11.9 Å². The molecule has 1 aromatic carbocycles. The molecule has 0 atom stereocenters. The van der Waals surface area contributed by atoms with Crippen LogP contribution in [-0.2, 0) is 27.1 Å². The minimum Gasteiger partial charge on any atom is -0.465 e. The van der Waals surface area contributed by atoms with Gasteiger partial charge in [-0.1, -0.05) is 12.1 Å². The van der Waals surface area contributed by atoms with Crippen molar-refractivity contribution < 1.29 is 28.3 Å². The van der Waals surface area contributed by atoms with Gasteiger partial charge in [-0.05, 0) is 37.0 Å². The van der Waals surface area contributed by atoms with Crippen molar-refractivity contribution in [2.24, 2.45) is 0 Å². The summed E-state index contributed by atoms with van der Waals surface area (Å²) in [6.07, 6.45) is 5.53. The highest BCUT2D eigenvalue weighted by Crippen LogP contribution is 2.39. The standard InChI is InChI=1S/C21H18N2O6S/c1-27-21(26)18-14-3-2-4-16(14)30-19(18)23-17(24)10-28-20(25)13-7-5-12(6-8-13)15-9-22-11-29-15/h5-9,11H,2-4,10H2,1H3,(H,23,24). The fourth-order valence-electron chi connectivity index (χ4n) is 3.32. The minimum atomic E-state index is -0.629. The van der Waals surface area contributed by atoms with Gasteiger partial charge in [0.15, 0.2) is 18.8 Å². The van der Waals surface area contributed by atoms with Crippen LogP contribution in [-0.4, -0.2) is 36.5 Å². The Labute approximate surface area is 175 Å². The molecule has 1 aliphatic rings. The van der Waals surface area contributed by atoms with Crippen LogP contribution in [0.3, 0.4) is 0 Å². The van der Waals surface area contributed by atoms with Crippen molar-refractivity contribution in [1.82, 2.24) is 4.98 Å². The lowest BCUT2D eigenvalue weighted by Gasteiger charge is -2.08. The number of carbonyl (C=O) groups excluding carboxylic acids is 3. The van der Waals surface area contributed by atoms with Gasteiger partial charge in [-0.2, -0.15) is 0 Å². The van der Waals surface area contributed by atoms with E-state index in [1.165, 1.54) is 24.8 Å². The van der Waals surface area contributed by atoms with Crippen molar-refractivity contribution in [3.8, 4) is 11.3 Å². The molecule has 154 valence electrons. The number of aryl methyl sites for hydroxylation is 1. The molecule has 0 fully saturated rings. The number of ether oxygens (including phenoxy) is 2. The van der Waals surface area contributed by atoms with Gasteiger partial charge in [0.05, 0.1) is 24.4 Å². The van der Waals surface area contributed by atoms with Crippen molar-refractivity contribution in [2.75, 3.05) is 19.0 Å². The van der Waals surface area contributed by atoms with Crippen LogP contribution in [0.5, 0.6) is 0 Å². The summed E-state index contributed by atoms with van der Waals surface area (Å²) in [6, 6.07) is 6.56. The molecule has 2 heterocycles. The van der Waals surface area contributed by atoms with E-state index in [9.17, 15) is 14.4 Å². The first-order valence-corrected chi connectivity index (χ1v) is 10.1. The van der Waals surface area contributed by atoms with Crippen LogP contribution < -0.4 is 5.32 Å². The van der Waals surface area contributed by atoms with Crippen LogP contribution in [0.1, 0.15) is 37.6 Å². The Hall–Kier alpha value is -3.46. The fourth-order valence-corrected chi connectivity index (χ4v) is 4.61. The second-order valence-electron chi connectivity index (χ2n) is 6.62. The molecule has 4 rings (SSSR count). The molecule has 1 aliphatic carbocycles. The van der Waals surface area contributed by atoms with Crippen molar-refractivity contribution in [1.29, 1.82) is 0 Å². The summed E-state index contributed by atoms with van der Waals surface area (Å²) in [7, 11) is 1.31. The number of amides is 1. The molecule has 0 radical (unpaired) electrons. The second-order valence-corrected chi connectivity index (χ2v) is 7.73. The van der Waals surface area contributed by atoms with Gasteiger partial charge in [0, 0.05) is 10.4 Å². The number of rotatable bonds is 6. The second kappa shape index (κ2) is 8.50. The van der Waals surface area contributed by atoms with E-state index in [4.69, 9.17) is 13.9 Å². The van der Waals surface area contributed by atoms with Crippen LogP contribution >= 0.6 is 11.3 Å². The number of benzene rings is 1. The van der Waals surface area contributed by atoms with Gasteiger partial charge in [0.2, 0.25) is 0 Å². The average molecular weight is 426 g/mol. The van der Waals surface area contributed by atoms with Gasteiger partial charge in [0.1, 0.15) is 5.00 Å². The third-order valence-corrected chi connectivity index (χ3v) is 5.94. The first kappa shape index (κ1) is 19.8. The summed E-state index contributed by atoms with van der Waals surface area (Å²) in [6.45, 7) is -0.466. The number of aromatic nitrogens is 1. The Bertz CT molecular complexity index is 1090. The van der Waals surface area contributed by atoms with Gasteiger partial charge in [-0.15, -0.1) is 11.3 Å². The minimum absolute atomic E-state index is 0.302. The quantitative estimate of drug-likeness (QED) is 0.601. The lowest BCUT2D eigenvalue weighted by Crippen LogP contribution is -2.21. The van der Waals surface area contributed by atoms with Gasteiger partial charge < -0.3 is 19.2 Å². The predicted molar refractivity (Wildman–Crippen MR) is 109 cm³/mol. The van der Waals surface area contributed by atoms with E-state index in [-0.39, 0.29) is 0 Å². The molecular formula is C21H18N2O6S. The molecule has 1 amide bonds. The highest BCUT2D eigenvalue weighted by molar-refractivity contribution is 7.17. The zero-order chi connectivity index (χ0) is 21.1. The molecule has 0 spiro atoms. The Morgan fingerprint density at radius 2 is 1.97 bits per heavy atom. The number of oxazole rings is 1. The van der Waals surface area contributed by atoms with Crippen LogP contribution in [0.25, 0.3) is 11.3 Å². The summed E-state index contributed by atoms with van der Waals surface area (Å²) in [5.41, 5.74) is 2.41. The number of hydrogen-bond acceptors (Lipinski definition) is 8. The molecule has 9 heteroatoms. The molecule has 30 heavy (non-hydrogen) atoms. The molecule has 0 bridgehead atoms. The lowest BCUT2D eigenvalue weighted by atomic mass is 10.1. The highest BCUT2D eigenvalue weighted by atomic mass is 32.1. The Morgan fingerprint density at radius 3 is 2.67 bits per heavy atom. The van der Waals surface area contributed by atoms with E-state index in [0.29, 0.717) is 21.9 Å². The number of esters is 2. The molecule has 0 unspecified atom stereocenters. The van der Waals surface area contributed by atoms with Gasteiger partial charge in [-0.25, -0.2) is 14.6 Å². The topological polar surface area (TPSA) is 108 Å². The number of nitrogens with zero attached hydrogens (tertiary/aromatic N) is 1. The van der Waals surface area contributed by atoms with Crippen LogP contribution in [0, 0.1) is 0 Å². The molecule has 0 aliphatic heterocycles. The summed E-state index contributed by atoms with van der Waals surface area (Å²) in [4.78, 5) is 41.6. The maximum absolute atomic E-state index is 12.3. The number of carbonyl (C=O) groups is 3. The molecular weight excluding hydrogens is 408 g/mol. The first-order valence-electron chi connectivity index (χ1n) is 9.25. The summed E-state index contributed by atoms with van der Waals surface area (Å²) in [5, 5.41) is 3.11. The van der Waals surface area contributed by atoms with Gasteiger partial charge in [0.25, 0.3) is 5.91 Å². The van der Waals surface area contributed by atoms with Crippen LogP contribution in [0.15, 0.2) is 41.3 Å². The Morgan fingerprint density at radius 1 is 1.17 bits per heavy atom. The number of hydrogen-bond donors (Lipinski definition) is 1. The smallest absolute Gasteiger partial charge is 0.341 e. The Balaban J connectivity index is 1.37. The number of methoxy groups -OCH3 is 1. The number of anilines is 1. The molecule has 1 N–H and O–H groups in total. The normalized spacial score (nSPS) is 12.3. The van der Waals surface area contributed by atoms with E-state index < -0.39 is 24.5 Å². The fraction of sp³-hybridized carbons (Fsp3) is 0.238. The van der Waals surface area contributed by atoms with Crippen molar-refractivity contribution in [3.63, 3.8) is 0 Å². The maximum Gasteiger partial charge on any atom is 0.341 e. The number of nitrogens with one attached hydrogen (secondary N) is 1. The monoisotopic (exact) mass is 426 g/mol. The molecule has 8 nitrogen and oxygen atoms in total. The molecule has 0 saturated heterocycles. The Kier molecular flexibility index (Phi) is 5.62. The zero-order valence-electron chi connectivity index (χ0n) is 16.1. The number of fused-ring (bicyclic) bond motifs is 1. The van der Waals surface area contributed by atoms with E-state index in [1.807, 2.05) is 0 Å². The highest BCUT2D eigenvalue weighted by Gasteiger charge is 2.28. The number of thiophene rings is 1. The van der Waals surface area contributed by atoms with Crippen molar-refractivity contribution in [2.45, 2.75) is 19.3 Å². The SMILES string of the molecule is COC(=O)c1c(NC(=O)COC(=O)c2ccc(-c3cnco3)cc2)sc2c1CCC2. The summed E-state index contributed by atoms with van der Waals surface area (Å²) >= 11 is 1.36. The molecule has 2 aromatic heterocycles. The van der Waals surface area contributed by atoms with E-state index in [0.717, 1.165) is 35.3 Å². The molecule has 3 aromatic rings. The first-order chi connectivity index (χ1) is 14.6. The largest absolute Gasteiger partial charge is 0.465 e. The van der Waals surface area contributed by atoms with E-state index >= 15 is 0 Å². The lowest BCUT2D eigenvalue weighted by molar-refractivity contribution is -0.119. The predicted octanol–water partition coefficient (Wildman–Crippen LogP) is 3.47. The van der Waals surface area contributed by atoms with Crippen LogP contribution in [0.4, 0.5) is 5.00 Å². The third-order valence-electron chi connectivity index (χ3n) is 4.74. The summed E-state index contributed by atoms with van der Waals surface area (Å²) < 4.78 is 15.2. The summed E-state index contributed by atoms with van der Waals surface area (Å²) in [5.74, 6) is -1.05. The molecule has 0 saturated carbocycles. The average Bonchev–Trinajstić information content (AvgIpc) is 3.49. The van der Waals surface area contributed by atoms with E-state index in [2.05, 4.69) is 10.3 Å². The van der Waals surface area contributed by atoms with E-state index in [1.54, 1.807) is 30.5 Å². The van der Waals surface area contributed by atoms with Crippen molar-refractivity contribution >= 4 is 34.2 Å². The van der Waals surface area contributed by atoms with Crippen LogP contribution in [0.2, 0.25) is 0 Å².